The van der Waals surface area contributed by atoms with E-state index < -0.39 is 29.3 Å². The number of piperidine rings is 1. The van der Waals surface area contributed by atoms with Gasteiger partial charge in [0, 0.05) is 26.2 Å². The molecule has 39 heavy (non-hydrogen) atoms. The Morgan fingerprint density at radius 3 is 2.64 bits per heavy atom. The van der Waals surface area contributed by atoms with Crippen molar-refractivity contribution >= 4 is 29.0 Å². The van der Waals surface area contributed by atoms with Gasteiger partial charge in [-0.1, -0.05) is 11.2 Å². The normalized spacial score (nSPS) is 15.8. The second-order valence-corrected chi connectivity index (χ2v) is 9.62. The highest BCUT2D eigenvalue weighted by Crippen LogP contribution is 2.35. The fourth-order valence-corrected chi connectivity index (χ4v) is 4.88. The van der Waals surface area contributed by atoms with E-state index in [9.17, 15) is 27.6 Å². The number of carbonyl (C=O) groups excluding carboxylic acids is 1. The van der Waals surface area contributed by atoms with Crippen molar-refractivity contribution in [2.45, 2.75) is 32.5 Å². The van der Waals surface area contributed by atoms with Crippen LogP contribution in [0.5, 0.6) is 0 Å². The van der Waals surface area contributed by atoms with Gasteiger partial charge in [0.05, 0.1) is 25.7 Å². The molecule has 2 aliphatic heterocycles. The number of hydrogen-bond acceptors (Lipinski definition) is 9. The first-order valence-corrected chi connectivity index (χ1v) is 12.3. The molecule has 5 heterocycles. The van der Waals surface area contributed by atoms with Crippen LogP contribution in [0.2, 0.25) is 0 Å². The van der Waals surface area contributed by atoms with E-state index >= 15 is 0 Å². The van der Waals surface area contributed by atoms with Gasteiger partial charge in [-0.2, -0.15) is 13.2 Å². The predicted octanol–water partition coefficient (Wildman–Crippen LogP) is 1.89. The number of hydrogen-bond donors (Lipinski definition) is 2. The van der Waals surface area contributed by atoms with Gasteiger partial charge in [-0.25, -0.2) is 9.78 Å². The molecule has 2 aliphatic rings. The van der Waals surface area contributed by atoms with Crippen LogP contribution in [-0.2, 0) is 18.4 Å². The first-order valence-electron chi connectivity index (χ1n) is 12.3. The van der Waals surface area contributed by atoms with E-state index in [2.05, 4.69) is 20.8 Å². The number of alkyl halides is 3. The third kappa shape index (κ3) is 5.33. The number of aromatic nitrogens is 4. The number of nitrogens with zero attached hydrogens (tertiary/aromatic N) is 6. The Balaban J connectivity index is 1.29. The standard InChI is InChI=1S/C24H27F3N8O4/c1-14-10-16(31-39-14)11-35-22(37)20-21(32(2)23(35)38)28-13-34(20)12-19(36)30-17-4-3-5-18(29-17)33-8-6-15(7-9-33)24(25,26)27/h3-5,10,15,28H,6-9,11-13H2,1-2H3,(H,29,30,36). The Kier molecular flexibility index (Phi) is 6.82. The molecule has 0 aromatic carbocycles. The third-order valence-electron chi connectivity index (χ3n) is 6.89. The van der Waals surface area contributed by atoms with E-state index in [-0.39, 0.29) is 57.2 Å². The Bertz CT molecular complexity index is 1500. The van der Waals surface area contributed by atoms with Gasteiger partial charge in [0.15, 0.2) is 0 Å². The smallest absolute Gasteiger partial charge is 0.361 e. The average Bonchev–Trinajstić information content (AvgIpc) is 3.51. The molecule has 5 rings (SSSR count). The Labute approximate surface area is 220 Å². The monoisotopic (exact) mass is 548 g/mol. The summed E-state index contributed by atoms with van der Waals surface area (Å²) in [7, 11) is 1.52. The Morgan fingerprint density at radius 2 is 1.97 bits per heavy atom. The SMILES string of the molecule is Cc1cc(Cn2c(=O)c3c(n(C)c2=O)NCN3CC(=O)Nc2cccc(N3CCC(C(F)(F)F)CC3)n2)no1. The molecular weight excluding hydrogens is 521 g/mol. The van der Waals surface area contributed by atoms with Crippen LogP contribution >= 0.6 is 0 Å². The van der Waals surface area contributed by atoms with Crippen LogP contribution < -0.4 is 31.7 Å². The molecule has 15 heteroatoms. The predicted molar refractivity (Wildman–Crippen MR) is 136 cm³/mol. The van der Waals surface area contributed by atoms with Gasteiger partial charge < -0.3 is 25.0 Å². The molecule has 1 amide bonds. The minimum Gasteiger partial charge on any atom is -0.361 e. The maximum atomic E-state index is 13.3. The van der Waals surface area contributed by atoms with Crippen molar-refractivity contribution in [3.05, 3.63) is 56.6 Å². The number of pyridine rings is 1. The number of fused-ring (bicyclic) bond motifs is 1. The number of halogens is 3. The summed E-state index contributed by atoms with van der Waals surface area (Å²) in [5.74, 6) is -0.230. The minimum absolute atomic E-state index is 0.0145. The lowest BCUT2D eigenvalue weighted by Gasteiger charge is -2.33. The van der Waals surface area contributed by atoms with Crippen LogP contribution in [0.25, 0.3) is 0 Å². The molecule has 0 saturated carbocycles. The summed E-state index contributed by atoms with van der Waals surface area (Å²) in [6.07, 6.45) is -4.23. The second kappa shape index (κ2) is 10.1. The molecule has 1 saturated heterocycles. The summed E-state index contributed by atoms with van der Waals surface area (Å²) in [6, 6.07) is 6.56. The van der Waals surface area contributed by atoms with Gasteiger partial charge in [0.2, 0.25) is 5.91 Å². The molecule has 12 nitrogen and oxygen atoms in total. The molecule has 0 atom stereocenters. The van der Waals surface area contributed by atoms with Crippen molar-refractivity contribution in [3.63, 3.8) is 0 Å². The molecule has 1 fully saturated rings. The van der Waals surface area contributed by atoms with E-state index in [4.69, 9.17) is 4.52 Å². The van der Waals surface area contributed by atoms with Crippen LogP contribution in [0.1, 0.15) is 24.3 Å². The van der Waals surface area contributed by atoms with Crippen LogP contribution in [0.4, 0.5) is 36.3 Å². The maximum absolute atomic E-state index is 13.3. The molecule has 0 bridgehead atoms. The number of anilines is 4. The van der Waals surface area contributed by atoms with E-state index in [0.29, 0.717) is 23.1 Å². The van der Waals surface area contributed by atoms with Gasteiger partial charge in [-0.05, 0) is 31.9 Å². The molecule has 3 aromatic rings. The lowest BCUT2D eigenvalue weighted by molar-refractivity contribution is -0.179. The van der Waals surface area contributed by atoms with Gasteiger partial charge in [0.25, 0.3) is 5.56 Å². The molecule has 0 aliphatic carbocycles. The fourth-order valence-electron chi connectivity index (χ4n) is 4.88. The minimum atomic E-state index is -4.21. The first kappa shape index (κ1) is 26.3. The number of carbonyl (C=O) groups is 1. The number of rotatable bonds is 6. The molecule has 0 unspecified atom stereocenters. The number of nitrogens with one attached hydrogen (secondary N) is 2. The quantitative estimate of drug-likeness (QED) is 0.474. The van der Waals surface area contributed by atoms with Crippen LogP contribution in [0.15, 0.2) is 38.4 Å². The summed E-state index contributed by atoms with van der Waals surface area (Å²) in [5, 5.41) is 9.53. The summed E-state index contributed by atoms with van der Waals surface area (Å²) >= 11 is 0. The Hall–Kier alpha value is -4.30. The van der Waals surface area contributed by atoms with Crippen molar-refractivity contribution in [3.8, 4) is 0 Å². The zero-order valence-corrected chi connectivity index (χ0v) is 21.3. The molecule has 0 radical (unpaired) electrons. The third-order valence-corrected chi connectivity index (χ3v) is 6.89. The van der Waals surface area contributed by atoms with Crippen LogP contribution in [0, 0.1) is 12.8 Å². The zero-order chi connectivity index (χ0) is 27.9. The summed E-state index contributed by atoms with van der Waals surface area (Å²) in [6.45, 7) is 1.95. The van der Waals surface area contributed by atoms with Gasteiger partial charge in [0.1, 0.15) is 34.6 Å². The molecule has 0 spiro atoms. The highest BCUT2D eigenvalue weighted by Gasteiger charge is 2.41. The maximum Gasteiger partial charge on any atom is 0.391 e. The lowest BCUT2D eigenvalue weighted by atomic mass is 9.96. The molecule has 3 aromatic heterocycles. The lowest BCUT2D eigenvalue weighted by Crippen LogP contribution is -2.42. The highest BCUT2D eigenvalue weighted by atomic mass is 19.4. The summed E-state index contributed by atoms with van der Waals surface area (Å²) < 4.78 is 46.3. The van der Waals surface area contributed by atoms with Crippen LogP contribution in [0.3, 0.4) is 0 Å². The van der Waals surface area contributed by atoms with Gasteiger partial charge >= 0.3 is 11.9 Å². The van der Waals surface area contributed by atoms with Crippen molar-refractivity contribution in [1.29, 1.82) is 0 Å². The topological polar surface area (TPSA) is 131 Å². The largest absolute Gasteiger partial charge is 0.391 e. The second-order valence-electron chi connectivity index (χ2n) is 9.62. The molecular formula is C24H27F3N8O4. The number of aryl methyl sites for hydroxylation is 1. The van der Waals surface area contributed by atoms with E-state index in [1.54, 1.807) is 36.1 Å². The van der Waals surface area contributed by atoms with E-state index in [1.165, 1.54) is 16.5 Å². The van der Waals surface area contributed by atoms with Crippen molar-refractivity contribution in [1.82, 2.24) is 19.3 Å². The van der Waals surface area contributed by atoms with E-state index in [1.807, 2.05) is 0 Å². The first-order chi connectivity index (χ1) is 18.5. The van der Waals surface area contributed by atoms with Gasteiger partial charge in [-0.15, -0.1) is 0 Å². The van der Waals surface area contributed by atoms with Crippen molar-refractivity contribution < 1.29 is 22.5 Å². The van der Waals surface area contributed by atoms with E-state index in [0.717, 1.165) is 4.57 Å². The fraction of sp³-hybridized carbons (Fsp3) is 0.458. The van der Waals surface area contributed by atoms with Crippen LogP contribution in [-0.4, -0.2) is 57.7 Å². The Morgan fingerprint density at radius 1 is 1.23 bits per heavy atom. The summed E-state index contributed by atoms with van der Waals surface area (Å²) in [4.78, 5) is 46.7. The highest BCUT2D eigenvalue weighted by molar-refractivity contribution is 5.94. The zero-order valence-electron chi connectivity index (χ0n) is 21.3. The number of amides is 1. The average molecular weight is 549 g/mol. The molecule has 2 N–H and O–H groups in total. The van der Waals surface area contributed by atoms with Crippen molar-refractivity contribution in [2.75, 3.05) is 46.7 Å². The van der Waals surface area contributed by atoms with Crippen molar-refractivity contribution in [2.24, 2.45) is 13.0 Å². The molecule has 208 valence electrons. The summed E-state index contributed by atoms with van der Waals surface area (Å²) in [5.41, 5.74) is -0.537. The van der Waals surface area contributed by atoms with Gasteiger partial charge in [-0.3, -0.25) is 18.7 Å².